The van der Waals surface area contributed by atoms with Gasteiger partial charge in [0.15, 0.2) is 50.3 Å². The minimum absolute atomic E-state index is 0.852. The Bertz CT molecular complexity index is 2770. The molecule has 29 N–H and O–H groups in total. The Morgan fingerprint density at radius 1 is 0.343 bits per heavy atom. The van der Waals surface area contributed by atoms with E-state index in [1.165, 1.54) is 6.92 Å². The Labute approximate surface area is 612 Å². The number of ether oxygens (including phenoxy) is 16. The van der Waals surface area contributed by atoms with Gasteiger partial charge in [0.2, 0.25) is 17.7 Å². The highest BCUT2D eigenvalue weighted by Gasteiger charge is 2.59. The smallest absolute Gasteiger partial charge is 0.217 e. The van der Waals surface area contributed by atoms with Crippen molar-refractivity contribution in [3.8, 4) is 0 Å². The number of carbonyl (C=O) groups excluding carboxylic acids is 3. The van der Waals surface area contributed by atoms with E-state index in [2.05, 4.69) is 16.0 Å². The lowest BCUT2D eigenvalue weighted by Crippen LogP contribution is -2.70. The zero-order valence-electron chi connectivity index (χ0n) is 58.2. The summed E-state index contributed by atoms with van der Waals surface area (Å²) in [5, 5.41) is 294. The van der Waals surface area contributed by atoms with Gasteiger partial charge in [0.25, 0.3) is 0 Å². The molecule has 44 atom stereocenters. The van der Waals surface area contributed by atoms with Crippen molar-refractivity contribution in [2.24, 2.45) is 0 Å². The second kappa shape index (κ2) is 39.9. The van der Waals surface area contributed by atoms with Crippen LogP contribution >= 0.6 is 0 Å². The molecular weight excluding hydrogens is 1480 g/mol. The van der Waals surface area contributed by atoms with Crippen LogP contribution in [0.15, 0.2) is 0 Å². The van der Waals surface area contributed by atoms with E-state index < -0.39 is 347 Å². The molecule has 0 spiro atoms. The molecule has 0 saturated carbocycles. The zero-order chi connectivity index (χ0) is 79.9. The Morgan fingerprint density at radius 3 is 1.21 bits per heavy atom. The largest absolute Gasteiger partial charge is 0.394 e. The first-order chi connectivity index (χ1) is 51.0. The van der Waals surface area contributed by atoms with Crippen molar-refractivity contribution in [3.63, 3.8) is 0 Å². The van der Waals surface area contributed by atoms with Gasteiger partial charge >= 0.3 is 0 Å². The molecule has 8 heterocycles. The second-order valence-electron chi connectivity index (χ2n) is 27.3. The van der Waals surface area contributed by atoms with Crippen molar-refractivity contribution in [2.45, 2.75) is 298 Å². The van der Waals surface area contributed by atoms with Crippen LogP contribution in [0, 0.1) is 0 Å². The Kier molecular flexibility index (Phi) is 33.3. The number of aliphatic hydroxyl groups is 26. The van der Waals surface area contributed by atoms with Crippen LogP contribution in [0.2, 0.25) is 0 Å². The highest BCUT2D eigenvalue weighted by atomic mass is 16.8. The van der Waals surface area contributed by atoms with Gasteiger partial charge in [0, 0.05) is 20.8 Å². The second-order valence-corrected chi connectivity index (χ2v) is 27.3. The van der Waals surface area contributed by atoms with Crippen LogP contribution in [0.1, 0.15) is 27.7 Å². The van der Waals surface area contributed by atoms with Crippen molar-refractivity contribution in [1.82, 2.24) is 16.0 Å². The third kappa shape index (κ3) is 20.5. The number of rotatable bonds is 31. The van der Waals surface area contributed by atoms with Gasteiger partial charge in [-0.3, -0.25) is 14.4 Å². The maximum Gasteiger partial charge on any atom is 0.217 e. The van der Waals surface area contributed by atoms with Crippen LogP contribution in [0.25, 0.3) is 0 Å². The molecule has 48 nitrogen and oxygen atoms in total. The third-order valence-electron chi connectivity index (χ3n) is 19.5. The molecule has 8 rings (SSSR count). The van der Waals surface area contributed by atoms with E-state index in [0.717, 1.165) is 20.8 Å². The van der Waals surface area contributed by atoms with Crippen molar-refractivity contribution in [3.05, 3.63) is 0 Å². The molecule has 108 heavy (non-hydrogen) atoms. The lowest BCUT2D eigenvalue weighted by molar-refractivity contribution is -0.395. The summed E-state index contributed by atoms with van der Waals surface area (Å²) in [6.07, 6.45) is -85.2. The number of carbonyl (C=O) groups is 3. The molecule has 0 bridgehead atoms. The van der Waals surface area contributed by atoms with Gasteiger partial charge in [0.1, 0.15) is 207 Å². The summed E-state index contributed by atoms with van der Waals surface area (Å²) in [7, 11) is 0. The minimum Gasteiger partial charge on any atom is -0.394 e. The molecule has 8 fully saturated rings. The predicted molar refractivity (Wildman–Crippen MR) is 333 cm³/mol. The molecule has 0 aromatic rings. The first-order valence-corrected chi connectivity index (χ1v) is 34.4. The van der Waals surface area contributed by atoms with Crippen LogP contribution in [-0.4, -0.2) is 480 Å². The number of hydrogen-bond acceptors (Lipinski definition) is 45. The van der Waals surface area contributed by atoms with Gasteiger partial charge in [-0.1, -0.05) is 0 Å². The van der Waals surface area contributed by atoms with Crippen molar-refractivity contribution < 1.29 is 223 Å². The molecule has 0 unspecified atom stereocenters. The minimum atomic E-state index is -2.57. The van der Waals surface area contributed by atoms with Crippen molar-refractivity contribution >= 4 is 17.7 Å². The Balaban J connectivity index is 1.15. The van der Waals surface area contributed by atoms with Crippen LogP contribution in [0.3, 0.4) is 0 Å². The Hall–Kier alpha value is -3.27. The van der Waals surface area contributed by atoms with Gasteiger partial charge in [-0.05, 0) is 6.92 Å². The van der Waals surface area contributed by atoms with Gasteiger partial charge < -0.3 is 225 Å². The van der Waals surface area contributed by atoms with Gasteiger partial charge in [-0.25, -0.2) is 0 Å². The van der Waals surface area contributed by atoms with E-state index in [1.54, 1.807) is 0 Å². The summed E-state index contributed by atoms with van der Waals surface area (Å²) in [5.74, 6) is -2.74. The number of aliphatic hydroxyl groups excluding tert-OH is 26. The average molecular weight is 1590 g/mol. The fourth-order valence-corrected chi connectivity index (χ4v) is 13.4. The molecule has 0 aromatic carbocycles. The maximum absolute atomic E-state index is 13.1. The molecule has 8 aliphatic heterocycles. The molecular formula is C60H103N3O45. The summed E-state index contributed by atoms with van der Waals surface area (Å²) < 4.78 is 93.3. The monoisotopic (exact) mass is 1590 g/mol. The molecule has 8 saturated heterocycles. The number of hydrogen-bond donors (Lipinski definition) is 29. The SMILES string of the molecule is CC(=O)N[C@H]1[C@H](O[C@@H]([C@H](O)[C@H](CO)NC(C)=O)[C@H](O)CO[C@@H]2O[C@@H](C)[C@@H](O)[C@@H](O)[C@@H]2O)O[C@H](CO)[C@@H](O[C@@H]2O[C@H](CO[C@H]3O[C@H](CO[C@H]4O[C@H](CO)[C@@H](O)[C@H](O)[C@@H]4O)[C@@H](O)[C@H](O[C@H]4O[C@H](CO)[C@@H](O)[C@H](O)[C@@H]4O)[C@@H]3O)[C@@H](O)[C@H](O[C@H]3O[C@H](CO)[C@@H](O)[C@H](O)[C@@H]3O[C@@H]3O[C@H](CO)[C@@H](O)[C@H](O)[C@H]3NC(C)=O)[C@@H]2O)[C@@H]1O. The predicted octanol–water partition coefficient (Wildman–Crippen LogP) is -19.5. The van der Waals surface area contributed by atoms with Gasteiger partial charge in [0.05, 0.1) is 71.6 Å². The number of nitrogens with one attached hydrogen (secondary N) is 3. The standard InChI is InChI=1S/C60H103N3O45/c1-14-29(74)39(84)43(88)55(96-14)93-11-19(73)48(30(75)18(5-64)61-15(2)70)104-54-28(63-17(4)72)38(83)49(24(10-69)101-54)105-59-47(92)51(107-60-52(42(87)34(79)23(9-68)100-60)108-53-27(62-16(3)71)37(82)31(76)20(6-65)97-53)36(81)26(103-59)13-95-57-46(91)50(106-58-45(90)41(86)33(78)22(8-67)99-58)35(80)25(102-57)12-94-56-44(89)40(85)32(77)21(7-66)98-56/h14,18-60,64-69,73-92H,5-13H2,1-4H3,(H,61,70)(H,62,71)(H,63,72)/t14-,18-,19+,20+,21+,22+,23+,24+,25+,26+,27+,28+,29+,30+,31+,32+,33+,34+,35+,36+,37+,38+,39+,40-,41-,42-,43-,44-,45-,46-,47-,48+,49+,50-,51-,52-,53-,54-,55+,56-,57-,58+,59-,60+/m0/s1. The topological polar surface area (TPSA) is 761 Å². The Morgan fingerprint density at radius 2 is 0.713 bits per heavy atom. The highest BCUT2D eigenvalue weighted by molar-refractivity contribution is 5.74. The summed E-state index contributed by atoms with van der Waals surface area (Å²) in [6, 6.07) is -5.57. The quantitative estimate of drug-likeness (QED) is 0.0306. The normalized spacial score (nSPS) is 47.3. The van der Waals surface area contributed by atoms with Crippen LogP contribution in [0.4, 0.5) is 0 Å². The highest BCUT2D eigenvalue weighted by Crippen LogP contribution is 2.38. The maximum atomic E-state index is 13.1. The summed E-state index contributed by atoms with van der Waals surface area (Å²) in [6.45, 7) is -5.57. The van der Waals surface area contributed by atoms with Crippen LogP contribution < -0.4 is 16.0 Å². The van der Waals surface area contributed by atoms with E-state index in [9.17, 15) is 147 Å². The molecule has 8 aliphatic rings. The third-order valence-corrected chi connectivity index (χ3v) is 19.5. The molecule has 0 radical (unpaired) electrons. The van der Waals surface area contributed by atoms with Crippen molar-refractivity contribution in [1.29, 1.82) is 0 Å². The summed E-state index contributed by atoms with van der Waals surface area (Å²) >= 11 is 0. The van der Waals surface area contributed by atoms with Gasteiger partial charge in [-0.2, -0.15) is 0 Å². The summed E-state index contributed by atoms with van der Waals surface area (Å²) in [5.41, 5.74) is 0. The fraction of sp³-hybridized carbons (Fsp3) is 0.950. The van der Waals surface area contributed by atoms with Crippen LogP contribution in [0.5, 0.6) is 0 Å². The van der Waals surface area contributed by atoms with Crippen molar-refractivity contribution in [2.75, 3.05) is 59.5 Å². The molecule has 0 aliphatic carbocycles. The fourth-order valence-electron chi connectivity index (χ4n) is 13.4. The average Bonchev–Trinajstić information content (AvgIpc) is 0.768. The van der Waals surface area contributed by atoms with E-state index in [4.69, 9.17) is 75.8 Å². The first kappa shape index (κ1) is 90.3. The molecule has 48 heteroatoms. The zero-order valence-corrected chi connectivity index (χ0v) is 58.2. The summed E-state index contributed by atoms with van der Waals surface area (Å²) in [4.78, 5) is 37.9. The molecule has 3 amide bonds. The van der Waals surface area contributed by atoms with E-state index >= 15 is 0 Å². The van der Waals surface area contributed by atoms with E-state index in [0.29, 0.717) is 0 Å². The lowest BCUT2D eigenvalue weighted by atomic mass is 9.94. The molecule has 0 aromatic heterocycles. The van der Waals surface area contributed by atoms with E-state index in [-0.39, 0.29) is 0 Å². The first-order valence-electron chi connectivity index (χ1n) is 34.4. The van der Waals surface area contributed by atoms with E-state index in [1.807, 2.05) is 0 Å². The number of amides is 3. The molecule has 628 valence electrons. The lowest BCUT2D eigenvalue weighted by Gasteiger charge is -2.50. The van der Waals surface area contributed by atoms with Crippen LogP contribution in [-0.2, 0) is 90.2 Å². The van der Waals surface area contributed by atoms with Gasteiger partial charge in [-0.15, -0.1) is 0 Å².